The van der Waals surface area contributed by atoms with E-state index in [9.17, 15) is 0 Å². The normalized spacial score (nSPS) is 16.2. The van der Waals surface area contributed by atoms with Gasteiger partial charge in [-0.2, -0.15) is 0 Å². The van der Waals surface area contributed by atoms with Crippen LogP contribution in [0.1, 0.15) is 37.7 Å². The zero-order valence-electron chi connectivity index (χ0n) is 12.3. The lowest BCUT2D eigenvalue weighted by Gasteiger charge is -2.34. The van der Waals surface area contributed by atoms with Gasteiger partial charge in [-0.25, -0.2) is 0 Å². The van der Waals surface area contributed by atoms with Gasteiger partial charge in [0.25, 0.3) is 0 Å². The summed E-state index contributed by atoms with van der Waals surface area (Å²) in [5.41, 5.74) is 2.40. The van der Waals surface area contributed by atoms with Crippen molar-refractivity contribution in [3.8, 4) is 0 Å². The van der Waals surface area contributed by atoms with Gasteiger partial charge in [-0.3, -0.25) is 0 Å². The Morgan fingerprint density at radius 2 is 1.70 bits per heavy atom. The molecule has 0 bridgehead atoms. The Kier molecular flexibility index (Phi) is 3.77. The predicted molar refractivity (Wildman–Crippen MR) is 87.6 cm³/mol. The van der Waals surface area contributed by atoms with Gasteiger partial charge < -0.3 is 4.90 Å². The average molecular weight is 265 g/mol. The van der Waals surface area contributed by atoms with Gasteiger partial charge in [0.15, 0.2) is 0 Å². The minimum absolute atomic E-state index is 0.669. The SMILES string of the molecule is C=C(c1ccc2ccccc2c1)N(C)C1CCCCC1. The van der Waals surface area contributed by atoms with E-state index in [1.54, 1.807) is 0 Å². The Morgan fingerprint density at radius 3 is 2.45 bits per heavy atom. The van der Waals surface area contributed by atoms with Gasteiger partial charge in [0.1, 0.15) is 0 Å². The first-order valence-electron chi connectivity index (χ1n) is 7.66. The fourth-order valence-corrected chi connectivity index (χ4v) is 3.26. The quantitative estimate of drug-likeness (QED) is 0.748. The van der Waals surface area contributed by atoms with E-state index in [1.807, 2.05) is 0 Å². The molecule has 0 spiro atoms. The van der Waals surface area contributed by atoms with Crippen LogP contribution in [0.25, 0.3) is 16.5 Å². The Bertz CT molecular complexity index is 608. The lowest BCUT2D eigenvalue weighted by molar-refractivity contribution is 0.267. The molecule has 0 heterocycles. The first-order valence-corrected chi connectivity index (χ1v) is 7.66. The molecule has 0 N–H and O–H groups in total. The summed E-state index contributed by atoms with van der Waals surface area (Å²) in [6.45, 7) is 4.33. The highest BCUT2D eigenvalue weighted by atomic mass is 15.1. The van der Waals surface area contributed by atoms with E-state index >= 15 is 0 Å². The summed E-state index contributed by atoms with van der Waals surface area (Å²) in [6.07, 6.45) is 6.74. The lowest BCUT2D eigenvalue weighted by atomic mass is 9.93. The van der Waals surface area contributed by atoms with Crippen LogP contribution in [-0.4, -0.2) is 18.0 Å². The third-order valence-corrected chi connectivity index (χ3v) is 4.63. The molecule has 0 atom stereocenters. The van der Waals surface area contributed by atoms with Crippen molar-refractivity contribution < 1.29 is 0 Å². The molecule has 0 amide bonds. The summed E-state index contributed by atoms with van der Waals surface area (Å²) in [5, 5.41) is 2.59. The summed E-state index contributed by atoms with van der Waals surface area (Å²) < 4.78 is 0. The Morgan fingerprint density at radius 1 is 1.00 bits per heavy atom. The van der Waals surface area contributed by atoms with Crippen molar-refractivity contribution in [2.75, 3.05) is 7.05 Å². The van der Waals surface area contributed by atoms with E-state index in [-0.39, 0.29) is 0 Å². The van der Waals surface area contributed by atoms with Crippen molar-refractivity contribution in [3.63, 3.8) is 0 Å². The number of rotatable bonds is 3. The van der Waals surface area contributed by atoms with Crippen molar-refractivity contribution in [3.05, 3.63) is 54.6 Å². The van der Waals surface area contributed by atoms with Gasteiger partial charge >= 0.3 is 0 Å². The molecule has 1 heteroatoms. The van der Waals surface area contributed by atoms with Crippen LogP contribution < -0.4 is 0 Å². The van der Waals surface area contributed by atoms with Crippen LogP contribution in [0.4, 0.5) is 0 Å². The fraction of sp³-hybridized carbons (Fsp3) is 0.368. The highest BCUT2D eigenvalue weighted by Crippen LogP contribution is 2.28. The van der Waals surface area contributed by atoms with Gasteiger partial charge in [-0.1, -0.05) is 62.2 Å². The molecular weight excluding hydrogens is 242 g/mol. The molecule has 20 heavy (non-hydrogen) atoms. The van der Waals surface area contributed by atoms with Gasteiger partial charge in [-0.15, -0.1) is 0 Å². The van der Waals surface area contributed by atoms with Gasteiger partial charge in [0, 0.05) is 18.8 Å². The average Bonchev–Trinajstić information content (AvgIpc) is 2.54. The van der Waals surface area contributed by atoms with Crippen molar-refractivity contribution in [1.82, 2.24) is 4.90 Å². The molecule has 2 aromatic rings. The first-order chi connectivity index (χ1) is 9.75. The monoisotopic (exact) mass is 265 g/mol. The second kappa shape index (κ2) is 5.70. The second-order valence-electron chi connectivity index (χ2n) is 5.91. The molecule has 0 unspecified atom stereocenters. The summed E-state index contributed by atoms with van der Waals surface area (Å²) in [6, 6.07) is 15.8. The number of benzene rings is 2. The van der Waals surface area contributed by atoms with E-state index in [0.29, 0.717) is 6.04 Å². The fourth-order valence-electron chi connectivity index (χ4n) is 3.26. The van der Waals surface area contributed by atoms with Crippen LogP contribution in [-0.2, 0) is 0 Å². The van der Waals surface area contributed by atoms with Gasteiger partial charge in [0.05, 0.1) is 0 Å². The second-order valence-corrected chi connectivity index (χ2v) is 5.91. The molecule has 1 fully saturated rings. The minimum atomic E-state index is 0.669. The van der Waals surface area contributed by atoms with Gasteiger partial charge in [0.2, 0.25) is 0 Å². The summed E-state index contributed by atoms with van der Waals surface area (Å²) >= 11 is 0. The van der Waals surface area contributed by atoms with E-state index in [2.05, 4.69) is 61.0 Å². The molecule has 0 radical (unpaired) electrons. The molecule has 0 aliphatic heterocycles. The molecule has 0 saturated heterocycles. The van der Waals surface area contributed by atoms with Crippen LogP contribution >= 0.6 is 0 Å². The molecule has 1 nitrogen and oxygen atoms in total. The highest BCUT2D eigenvalue weighted by Gasteiger charge is 2.19. The maximum Gasteiger partial charge on any atom is 0.0366 e. The molecule has 1 saturated carbocycles. The lowest BCUT2D eigenvalue weighted by Crippen LogP contribution is -2.31. The van der Waals surface area contributed by atoms with Gasteiger partial charge in [-0.05, 0) is 35.2 Å². The number of hydrogen-bond donors (Lipinski definition) is 0. The number of hydrogen-bond acceptors (Lipinski definition) is 1. The topological polar surface area (TPSA) is 3.24 Å². The van der Waals surface area contributed by atoms with E-state index in [0.717, 1.165) is 5.70 Å². The first kappa shape index (κ1) is 13.2. The summed E-state index contributed by atoms with van der Waals surface area (Å²) in [7, 11) is 2.20. The zero-order valence-corrected chi connectivity index (χ0v) is 12.3. The van der Waals surface area contributed by atoms with Crippen LogP contribution in [0.5, 0.6) is 0 Å². The molecule has 104 valence electrons. The predicted octanol–water partition coefficient (Wildman–Crippen LogP) is 5.08. The molecule has 0 aromatic heterocycles. The van der Waals surface area contributed by atoms with E-state index < -0.39 is 0 Å². The van der Waals surface area contributed by atoms with Crippen molar-refractivity contribution >= 4 is 16.5 Å². The molecule has 3 rings (SSSR count). The number of fused-ring (bicyclic) bond motifs is 1. The minimum Gasteiger partial charge on any atom is -0.372 e. The Hall–Kier alpha value is -1.76. The third kappa shape index (κ3) is 2.58. The smallest absolute Gasteiger partial charge is 0.0366 e. The molecule has 1 aliphatic rings. The summed E-state index contributed by atoms with van der Waals surface area (Å²) in [5.74, 6) is 0. The molecule has 1 aliphatic carbocycles. The van der Waals surface area contributed by atoms with Crippen LogP contribution in [0.15, 0.2) is 49.0 Å². The standard InChI is InChI=1S/C19H23N/c1-15(20(2)19-10-4-3-5-11-19)17-13-12-16-8-6-7-9-18(16)14-17/h6-9,12-14,19H,1,3-5,10-11H2,2H3. The third-order valence-electron chi connectivity index (χ3n) is 4.63. The molecule has 2 aromatic carbocycles. The van der Waals surface area contributed by atoms with Crippen LogP contribution in [0, 0.1) is 0 Å². The van der Waals surface area contributed by atoms with Crippen LogP contribution in [0.3, 0.4) is 0 Å². The maximum absolute atomic E-state index is 4.33. The zero-order chi connectivity index (χ0) is 13.9. The Balaban J connectivity index is 1.83. The van der Waals surface area contributed by atoms with Crippen molar-refractivity contribution in [2.24, 2.45) is 0 Å². The highest BCUT2D eigenvalue weighted by molar-refractivity contribution is 5.85. The summed E-state index contributed by atoms with van der Waals surface area (Å²) in [4.78, 5) is 2.39. The van der Waals surface area contributed by atoms with Crippen molar-refractivity contribution in [1.29, 1.82) is 0 Å². The van der Waals surface area contributed by atoms with Crippen LogP contribution in [0.2, 0.25) is 0 Å². The van der Waals surface area contributed by atoms with Crippen molar-refractivity contribution in [2.45, 2.75) is 38.1 Å². The van der Waals surface area contributed by atoms with E-state index in [4.69, 9.17) is 0 Å². The maximum atomic E-state index is 4.33. The van der Waals surface area contributed by atoms with E-state index in [1.165, 1.54) is 48.4 Å². The largest absolute Gasteiger partial charge is 0.372 e. The molecular formula is C19H23N. The number of nitrogens with zero attached hydrogens (tertiary/aromatic N) is 1. The Labute approximate surface area is 121 Å².